The Bertz CT molecular complexity index is 825. The summed E-state index contributed by atoms with van der Waals surface area (Å²) < 4.78 is 1.86. The third-order valence-corrected chi connectivity index (χ3v) is 4.10. The molecule has 0 aliphatic rings. The standard InChI is InChI=1S/C21H25N5/c1-3-22-21(25-17(2)19-10-5-4-6-11-19)23-16-18-9-7-12-20(15-18)26-14-8-13-24-26/h4-15,17H,3,16H2,1-2H3,(H2,22,23,25). The van der Waals surface area contributed by atoms with E-state index in [-0.39, 0.29) is 6.04 Å². The van der Waals surface area contributed by atoms with Crippen molar-refractivity contribution in [1.29, 1.82) is 0 Å². The molecule has 26 heavy (non-hydrogen) atoms. The minimum atomic E-state index is 0.185. The second kappa shape index (κ2) is 8.85. The van der Waals surface area contributed by atoms with Crippen LogP contribution in [-0.4, -0.2) is 22.3 Å². The number of nitrogens with one attached hydrogen (secondary N) is 2. The van der Waals surface area contributed by atoms with Crippen molar-refractivity contribution in [2.24, 2.45) is 4.99 Å². The van der Waals surface area contributed by atoms with E-state index in [0.717, 1.165) is 23.8 Å². The third kappa shape index (κ3) is 4.72. The fourth-order valence-electron chi connectivity index (χ4n) is 2.74. The maximum atomic E-state index is 4.74. The Morgan fingerprint density at radius 2 is 1.96 bits per heavy atom. The zero-order valence-corrected chi connectivity index (χ0v) is 15.3. The molecule has 3 rings (SSSR count). The van der Waals surface area contributed by atoms with E-state index in [0.29, 0.717) is 6.54 Å². The van der Waals surface area contributed by atoms with E-state index in [2.05, 4.69) is 66.0 Å². The monoisotopic (exact) mass is 347 g/mol. The first-order valence-electron chi connectivity index (χ1n) is 8.95. The SMILES string of the molecule is CCNC(=NCc1cccc(-n2cccn2)c1)NC(C)c1ccccc1. The Morgan fingerprint density at radius 1 is 1.12 bits per heavy atom. The largest absolute Gasteiger partial charge is 0.357 e. The van der Waals surface area contributed by atoms with Crippen LogP contribution in [0.3, 0.4) is 0 Å². The number of hydrogen-bond donors (Lipinski definition) is 2. The number of hydrogen-bond acceptors (Lipinski definition) is 2. The van der Waals surface area contributed by atoms with Crippen molar-refractivity contribution >= 4 is 5.96 Å². The maximum absolute atomic E-state index is 4.74. The second-order valence-corrected chi connectivity index (χ2v) is 6.09. The molecule has 0 radical (unpaired) electrons. The number of benzene rings is 2. The minimum Gasteiger partial charge on any atom is -0.357 e. The van der Waals surface area contributed by atoms with Crippen LogP contribution in [0, 0.1) is 0 Å². The molecule has 0 fully saturated rings. The average molecular weight is 347 g/mol. The summed E-state index contributed by atoms with van der Waals surface area (Å²) in [5.74, 6) is 0.813. The zero-order chi connectivity index (χ0) is 18.2. The molecule has 0 aliphatic carbocycles. The molecule has 3 aromatic rings. The molecule has 134 valence electrons. The van der Waals surface area contributed by atoms with Crippen molar-refractivity contribution in [2.75, 3.05) is 6.54 Å². The van der Waals surface area contributed by atoms with Crippen molar-refractivity contribution < 1.29 is 0 Å². The molecule has 1 atom stereocenters. The molecule has 5 nitrogen and oxygen atoms in total. The molecule has 0 aliphatic heterocycles. The summed E-state index contributed by atoms with van der Waals surface area (Å²) in [6.07, 6.45) is 3.72. The van der Waals surface area contributed by atoms with Crippen molar-refractivity contribution in [3.63, 3.8) is 0 Å². The average Bonchev–Trinajstić information content (AvgIpc) is 3.22. The Kier molecular flexibility index (Phi) is 6.04. The van der Waals surface area contributed by atoms with Crippen LogP contribution >= 0.6 is 0 Å². The Morgan fingerprint density at radius 3 is 2.69 bits per heavy atom. The first-order valence-corrected chi connectivity index (χ1v) is 8.95. The number of nitrogens with zero attached hydrogens (tertiary/aromatic N) is 3. The first kappa shape index (κ1) is 17.7. The Hall–Kier alpha value is -3.08. The number of rotatable bonds is 6. The Labute approximate surface area is 154 Å². The molecule has 0 bridgehead atoms. The predicted molar refractivity (Wildman–Crippen MR) is 106 cm³/mol. The lowest BCUT2D eigenvalue weighted by molar-refractivity contribution is 0.686. The van der Waals surface area contributed by atoms with Crippen LogP contribution in [0.15, 0.2) is 78.0 Å². The van der Waals surface area contributed by atoms with Crippen LogP contribution in [0.1, 0.15) is 31.0 Å². The van der Waals surface area contributed by atoms with Gasteiger partial charge in [-0.25, -0.2) is 9.67 Å². The third-order valence-electron chi connectivity index (χ3n) is 4.10. The molecular weight excluding hydrogens is 322 g/mol. The molecule has 1 unspecified atom stereocenters. The molecule has 0 spiro atoms. The van der Waals surface area contributed by atoms with Crippen LogP contribution in [0.4, 0.5) is 0 Å². The summed E-state index contributed by atoms with van der Waals surface area (Å²) in [5, 5.41) is 11.1. The molecule has 0 saturated carbocycles. The molecule has 5 heteroatoms. The normalized spacial score (nSPS) is 12.6. The van der Waals surface area contributed by atoms with Gasteiger partial charge < -0.3 is 10.6 Å². The van der Waals surface area contributed by atoms with Gasteiger partial charge in [0.25, 0.3) is 0 Å². The highest BCUT2D eigenvalue weighted by Crippen LogP contribution is 2.12. The van der Waals surface area contributed by atoms with Gasteiger partial charge in [-0.2, -0.15) is 5.10 Å². The molecule has 2 aromatic carbocycles. The fraction of sp³-hybridized carbons (Fsp3) is 0.238. The molecule has 0 amide bonds. The molecule has 2 N–H and O–H groups in total. The van der Waals surface area contributed by atoms with Gasteiger partial charge >= 0.3 is 0 Å². The lowest BCUT2D eigenvalue weighted by Crippen LogP contribution is -2.38. The maximum Gasteiger partial charge on any atom is 0.192 e. The van der Waals surface area contributed by atoms with Gasteiger partial charge in [0.15, 0.2) is 5.96 Å². The van der Waals surface area contributed by atoms with Crippen molar-refractivity contribution in [2.45, 2.75) is 26.4 Å². The van der Waals surface area contributed by atoms with Crippen molar-refractivity contribution in [3.05, 3.63) is 84.2 Å². The van der Waals surface area contributed by atoms with E-state index in [9.17, 15) is 0 Å². The predicted octanol–water partition coefficient (Wildman–Crippen LogP) is 3.69. The molecular formula is C21H25N5. The van der Waals surface area contributed by atoms with E-state index in [4.69, 9.17) is 4.99 Å². The molecule has 0 saturated heterocycles. The first-order chi connectivity index (χ1) is 12.8. The Balaban J connectivity index is 1.70. The number of aromatic nitrogens is 2. The van der Waals surface area contributed by atoms with Gasteiger partial charge in [0, 0.05) is 18.9 Å². The summed E-state index contributed by atoms with van der Waals surface area (Å²) in [6.45, 7) is 5.63. The van der Waals surface area contributed by atoms with Gasteiger partial charge in [-0.15, -0.1) is 0 Å². The smallest absolute Gasteiger partial charge is 0.192 e. The van der Waals surface area contributed by atoms with Crippen LogP contribution in [0.5, 0.6) is 0 Å². The summed E-state index contributed by atoms with van der Waals surface area (Å²) in [7, 11) is 0. The molecule has 1 heterocycles. The summed E-state index contributed by atoms with van der Waals surface area (Å²) in [5.41, 5.74) is 3.42. The highest BCUT2D eigenvalue weighted by atomic mass is 15.3. The highest BCUT2D eigenvalue weighted by molar-refractivity contribution is 5.80. The minimum absolute atomic E-state index is 0.185. The van der Waals surface area contributed by atoms with Gasteiger partial charge in [0.05, 0.1) is 18.3 Å². The van der Waals surface area contributed by atoms with E-state index < -0.39 is 0 Å². The van der Waals surface area contributed by atoms with Crippen LogP contribution < -0.4 is 10.6 Å². The van der Waals surface area contributed by atoms with Crippen molar-refractivity contribution in [3.8, 4) is 5.69 Å². The van der Waals surface area contributed by atoms with Crippen LogP contribution in [0.25, 0.3) is 5.69 Å². The summed E-state index contributed by atoms with van der Waals surface area (Å²) in [4.78, 5) is 4.74. The zero-order valence-electron chi connectivity index (χ0n) is 15.3. The molecule has 1 aromatic heterocycles. The quantitative estimate of drug-likeness (QED) is 0.528. The van der Waals surface area contributed by atoms with Crippen molar-refractivity contribution in [1.82, 2.24) is 20.4 Å². The van der Waals surface area contributed by atoms with E-state index in [1.807, 2.05) is 35.1 Å². The summed E-state index contributed by atoms with van der Waals surface area (Å²) >= 11 is 0. The second-order valence-electron chi connectivity index (χ2n) is 6.09. The number of aliphatic imine (C=N–C) groups is 1. The van der Waals surface area contributed by atoms with Crippen LogP contribution in [0.2, 0.25) is 0 Å². The topological polar surface area (TPSA) is 54.2 Å². The highest BCUT2D eigenvalue weighted by Gasteiger charge is 2.07. The number of guanidine groups is 1. The lowest BCUT2D eigenvalue weighted by Gasteiger charge is -2.18. The van der Waals surface area contributed by atoms with Gasteiger partial charge in [0.1, 0.15) is 0 Å². The lowest BCUT2D eigenvalue weighted by atomic mass is 10.1. The van der Waals surface area contributed by atoms with Gasteiger partial charge in [-0.1, -0.05) is 42.5 Å². The fourth-order valence-corrected chi connectivity index (χ4v) is 2.74. The van der Waals surface area contributed by atoms with Crippen LogP contribution in [-0.2, 0) is 6.54 Å². The summed E-state index contributed by atoms with van der Waals surface area (Å²) in [6, 6.07) is 20.8. The van der Waals surface area contributed by atoms with E-state index >= 15 is 0 Å². The van der Waals surface area contributed by atoms with E-state index in [1.165, 1.54) is 5.56 Å². The van der Waals surface area contributed by atoms with Gasteiger partial charge in [-0.3, -0.25) is 0 Å². The van der Waals surface area contributed by atoms with E-state index in [1.54, 1.807) is 6.20 Å². The van der Waals surface area contributed by atoms with Gasteiger partial charge in [0.2, 0.25) is 0 Å². The van der Waals surface area contributed by atoms with Gasteiger partial charge in [-0.05, 0) is 43.2 Å².